The fraction of sp³-hybridized carbons (Fsp3) is 0.222. The third-order valence-corrected chi connectivity index (χ3v) is 6.03. The van der Waals surface area contributed by atoms with Gasteiger partial charge in [0.05, 0.1) is 17.2 Å². The molecule has 0 aliphatic carbocycles. The monoisotopic (exact) mass is 441 g/mol. The topological polar surface area (TPSA) is 78.5 Å². The number of benzene rings is 3. The molecule has 3 aromatic carbocycles. The molecule has 1 saturated heterocycles. The molecule has 0 saturated carbocycles. The van der Waals surface area contributed by atoms with Gasteiger partial charge < -0.3 is 15.5 Å². The average Bonchev–Trinajstić information content (AvgIpc) is 3.20. The molecule has 4 rings (SSSR count). The molecule has 1 aliphatic rings. The maximum atomic E-state index is 13.0. The molecule has 6 nitrogen and oxygen atoms in total. The Morgan fingerprint density at radius 1 is 0.909 bits per heavy atom. The molecule has 0 unspecified atom stereocenters. The Morgan fingerprint density at radius 2 is 1.58 bits per heavy atom. The van der Waals surface area contributed by atoms with Gasteiger partial charge >= 0.3 is 0 Å². The van der Waals surface area contributed by atoms with Crippen LogP contribution in [0.1, 0.15) is 33.5 Å². The first-order valence-corrected chi connectivity index (χ1v) is 11.0. The first kappa shape index (κ1) is 22.3. The molecular formula is C27H27N3O3. The molecule has 3 aromatic rings. The zero-order chi connectivity index (χ0) is 23.4. The van der Waals surface area contributed by atoms with Crippen molar-refractivity contribution in [2.45, 2.75) is 26.8 Å². The molecular weight excluding hydrogens is 414 g/mol. The molecule has 1 fully saturated rings. The lowest BCUT2D eigenvalue weighted by molar-refractivity contribution is -0.122. The van der Waals surface area contributed by atoms with Crippen LogP contribution in [0.3, 0.4) is 0 Å². The van der Waals surface area contributed by atoms with E-state index in [0.717, 1.165) is 22.4 Å². The van der Waals surface area contributed by atoms with Crippen molar-refractivity contribution in [3.05, 3.63) is 95.1 Å². The maximum Gasteiger partial charge on any atom is 0.253 e. The van der Waals surface area contributed by atoms with Crippen LogP contribution in [-0.2, 0) is 16.1 Å². The van der Waals surface area contributed by atoms with Gasteiger partial charge in [-0.05, 0) is 48.7 Å². The zero-order valence-corrected chi connectivity index (χ0v) is 18.8. The van der Waals surface area contributed by atoms with Crippen LogP contribution >= 0.6 is 0 Å². The lowest BCUT2D eigenvalue weighted by Gasteiger charge is -2.19. The second-order valence-corrected chi connectivity index (χ2v) is 8.34. The molecule has 33 heavy (non-hydrogen) atoms. The molecule has 1 atom stereocenters. The largest absolute Gasteiger partial charge is 0.348 e. The second kappa shape index (κ2) is 9.69. The highest BCUT2D eigenvalue weighted by molar-refractivity contribution is 6.07. The summed E-state index contributed by atoms with van der Waals surface area (Å²) in [4.78, 5) is 40.1. The number of carbonyl (C=O) groups excluding carboxylic acids is 3. The molecule has 6 heteroatoms. The number of aryl methyl sites for hydroxylation is 2. The average molecular weight is 442 g/mol. The molecule has 2 N–H and O–H groups in total. The molecule has 0 bridgehead atoms. The standard InChI is InChI=1S/C27H27N3O3/c1-18-9-3-5-11-20(18)16-28-27(33)22-12-6-7-13-23(22)29-26(32)21-15-25(31)30(17-21)24-14-8-4-10-19(24)2/h3-14,21H,15-17H2,1-2H3,(H,28,33)(H,29,32)/t21-/m0/s1. The van der Waals surface area contributed by atoms with E-state index >= 15 is 0 Å². The molecule has 0 spiro atoms. The number of amides is 3. The van der Waals surface area contributed by atoms with Crippen molar-refractivity contribution in [3.63, 3.8) is 0 Å². The minimum atomic E-state index is -0.486. The summed E-state index contributed by atoms with van der Waals surface area (Å²) in [5.74, 6) is -1.09. The van der Waals surface area contributed by atoms with E-state index < -0.39 is 5.92 Å². The van der Waals surface area contributed by atoms with E-state index in [1.54, 1.807) is 29.2 Å². The van der Waals surface area contributed by atoms with Gasteiger partial charge in [-0.15, -0.1) is 0 Å². The Labute approximate surface area is 193 Å². The lowest BCUT2D eigenvalue weighted by atomic mass is 10.1. The van der Waals surface area contributed by atoms with Crippen LogP contribution in [0.25, 0.3) is 0 Å². The van der Waals surface area contributed by atoms with Crippen molar-refractivity contribution in [2.75, 3.05) is 16.8 Å². The van der Waals surface area contributed by atoms with Gasteiger partial charge in [0.15, 0.2) is 0 Å². The zero-order valence-electron chi connectivity index (χ0n) is 18.8. The Hall–Kier alpha value is -3.93. The summed E-state index contributed by atoms with van der Waals surface area (Å²) in [6.45, 7) is 4.66. The van der Waals surface area contributed by atoms with E-state index in [2.05, 4.69) is 10.6 Å². The first-order chi connectivity index (χ1) is 15.9. The third kappa shape index (κ3) is 4.95. The van der Waals surface area contributed by atoms with Crippen molar-refractivity contribution in [2.24, 2.45) is 5.92 Å². The van der Waals surface area contributed by atoms with Crippen LogP contribution in [0.15, 0.2) is 72.8 Å². The van der Waals surface area contributed by atoms with Crippen LogP contribution in [0, 0.1) is 19.8 Å². The van der Waals surface area contributed by atoms with Crippen molar-refractivity contribution >= 4 is 29.1 Å². The van der Waals surface area contributed by atoms with Crippen LogP contribution in [-0.4, -0.2) is 24.3 Å². The highest BCUT2D eigenvalue weighted by Gasteiger charge is 2.36. The quantitative estimate of drug-likeness (QED) is 0.601. The van der Waals surface area contributed by atoms with Crippen molar-refractivity contribution in [3.8, 4) is 0 Å². The van der Waals surface area contributed by atoms with Gasteiger partial charge in [0.1, 0.15) is 0 Å². The number of anilines is 2. The van der Waals surface area contributed by atoms with Crippen molar-refractivity contribution in [1.29, 1.82) is 0 Å². The fourth-order valence-corrected chi connectivity index (χ4v) is 4.09. The van der Waals surface area contributed by atoms with Gasteiger partial charge in [-0.3, -0.25) is 14.4 Å². The number of para-hydroxylation sites is 2. The number of nitrogens with one attached hydrogen (secondary N) is 2. The first-order valence-electron chi connectivity index (χ1n) is 11.0. The minimum absolute atomic E-state index is 0.0753. The van der Waals surface area contributed by atoms with Gasteiger partial charge in [-0.1, -0.05) is 54.6 Å². The van der Waals surface area contributed by atoms with Crippen molar-refractivity contribution in [1.82, 2.24) is 5.32 Å². The number of rotatable bonds is 6. The number of hydrogen-bond donors (Lipinski definition) is 2. The van der Waals surface area contributed by atoms with Gasteiger partial charge in [0.25, 0.3) is 5.91 Å². The predicted molar refractivity (Wildman–Crippen MR) is 129 cm³/mol. The van der Waals surface area contributed by atoms with Crippen molar-refractivity contribution < 1.29 is 14.4 Å². The molecule has 168 valence electrons. The summed E-state index contributed by atoms with van der Waals surface area (Å²) < 4.78 is 0. The summed E-state index contributed by atoms with van der Waals surface area (Å²) >= 11 is 0. The second-order valence-electron chi connectivity index (χ2n) is 8.34. The van der Waals surface area contributed by atoms with Gasteiger partial charge in [0, 0.05) is 25.2 Å². The number of nitrogens with zero attached hydrogens (tertiary/aromatic N) is 1. The van der Waals surface area contributed by atoms with Crippen LogP contribution in [0.2, 0.25) is 0 Å². The van der Waals surface area contributed by atoms with E-state index in [1.807, 2.05) is 62.4 Å². The van der Waals surface area contributed by atoms with Crippen LogP contribution < -0.4 is 15.5 Å². The highest BCUT2D eigenvalue weighted by Crippen LogP contribution is 2.28. The Bertz CT molecular complexity index is 1200. The Balaban J connectivity index is 1.44. The van der Waals surface area contributed by atoms with Gasteiger partial charge in [0.2, 0.25) is 11.8 Å². The normalized spacial score (nSPS) is 15.4. The maximum absolute atomic E-state index is 13.0. The van der Waals surface area contributed by atoms with Crippen LogP contribution in [0.5, 0.6) is 0 Å². The smallest absolute Gasteiger partial charge is 0.253 e. The molecule has 1 heterocycles. The summed E-state index contributed by atoms with van der Waals surface area (Å²) in [7, 11) is 0. The molecule has 0 radical (unpaired) electrons. The molecule has 3 amide bonds. The Kier molecular flexibility index (Phi) is 6.54. The van der Waals surface area contributed by atoms with Gasteiger partial charge in [-0.2, -0.15) is 0 Å². The summed E-state index contributed by atoms with van der Waals surface area (Å²) in [5, 5.41) is 5.80. The number of carbonyl (C=O) groups is 3. The van der Waals surface area contributed by atoms with Gasteiger partial charge in [-0.25, -0.2) is 0 Å². The van der Waals surface area contributed by atoms with E-state index in [4.69, 9.17) is 0 Å². The predicted octanol–water partition coefficient (Wildman–Crippen LogP) is 4.23. The SMILES string of the molecule is Cc1ccccc1CNC(=O)c1ccccc1NC(=O)[C@H]1CC(=O)N(c2ccccc2C)C1. The highest BCUT2D eigenvalue weighted by atomic mass is 16.2. The minimum Gasteiger partial charge on any atom is -0.348 e. The molecule has 0 aromatic heterocycles. The number of hydrogen-bond acceptors (Lipinski definition) is 3. The van der Waals surface area contributed by atoms with E-state index in [-0.39, 0.29) is 24.1 Å². The van der Waals surface area contributed by atoms with E-state index in [1.165, 1.54) is 0 Å². The summed E-state index contributed by atoms with van der Waals surface area (Å²) in [5.41, 5.74) is 4.78. The lowest BCUT2D eigenvalue weighted by Crippen LogP contribution is -2.29. The summed E-state index contributed by atoms with van der Waals surface area (Å²) in [6, 6.07) is 22.4. The van der Waals surface area contributed by atoms with E-state index in [9.17, 15) is 14.4 Å². The molecule has 1 aliphatic heterocycles. The van der Waals surface area contributed by atoms with E-state index in [0.29, 0.717) is 24.3 Å². The third-order valence-electron chi connectivity index (χ3n) is 6.03. The van der Waals surface area contributed by atoms with Crippen LogP contribution in [0.4, 0.5) is 11.4 Å². The fourth-order valence-electron chi connectivity index (χ4n) is 4.09. The summed E-state index contributed by atoms with van der Waals surface area (Å²) in [6.07, 6.45) is 0.141. The Morgan fingerprint density at radius 3 is 2.33 bits per heavy atom.